The van der Waals surface area contributed by atoms with Crippen LogP contribution in [0.5, 0.6) is 0 Å². The standard InChI is InChI=1S/C13H17BrN4/c1-10(2)7-15-8-12-9-18(17-16-12)13-5-3-11(14)4-6-13/h3-6,9-10,15H,7-8H2,1-2H3. The fourth-order valence-electron chi connectivity index (χ4n) is 1.59. The predicted molar refractivity (Wildman–Crippen MR) is 75.6 cm³/mol. The topological polar surface area (TPSA) is 42.7 Å². The van der Waals surface area contributed by atoms with Crippen molar-refractivity contribution in [3.05, 3.63) is 40.6 Å². The van der Waals surface area contributed by atoms with Crippen LogP contribution in [0.3, 0.4) is 0 Å². The second kappa shape index (κ2) is 6.11. The molecule has 0 saturated carbocycles. The summed E-state index contributed by atoms with van der Waals surface area (Å²) in [5.74, 6) is 0.645. The highest BCUT2D eigenvalue weighted by molar-refractivity contribution is 9.10. The van der Waals surface area contributed by atoms with Crippen LogP contribution in [0.15, 0.2) is 34.9 Å². The Labute approximate surface area is 116 Å². The summed E-state index contributed by atoms with van der Waals surface area (Å²) in [6.45, 7) is 6.12. The molecule has 4 nitrogen and oxygen atoms in total. The van der Waals surface area contributed by atoms with Gasteiger partial charge in [0.25, 0.3) is 0 Å². The smallest absolute Gasteiger partial charge is 0.0969 e. The number of benzene rings is 1. The Kier molecular flexibility index (Phi) is 4.49. The summed E-state index contributed by atoms with van der Waals surface area (Å²) >= 11 is 3.42. The van der Waals surface area contributed by atoms with Gasteiger partial charge in [-0.3, -0.25) is 0 Å². The molecule has 5 heteroatoms. The van der Waals surface area contributed by atoms with E-state index >= 15 is 0 Å². The molecular weight excluding hydrogens is 292 g/mol. The molecule has 96 valence electrons. The lowest BCUT2D eigenvalue weighted by atomic mass is 10.2. The van der Waals surface area contributed by atoms with Gasteiger partial charge in [-0.15, -0.1) is 5.10 Å². The molecule has 0 amide bonds. The minimum atomic E-state index is 0.645. The molecule has 1 heterocycles. The Balaban J connectivity index is 1.99. The first-order chi connectivity index (χ1) is 8.65. The molecule has 0 bridgehead atoms. The van der Waals surface area contributed by atoms with Crippen LogP contribution in [0, 0.1) is 5.92 Å². The molecule has 1 aromatic carbocycles. The predicted octanol–water partition coefficient (Wildman–Crippen LogP) is 2.78. The van der Waals surface area contributed by atoms with Crippen molar-refractivity contribution in [2.24, 2.45) is 5.92 Å². The molecule has 0 spiro atoms. The molecular formula is C13H17BrN4. The van der Waals surface area contributed by atoms with Crippen molar-refractivity contribution in [1.82, 2.24) is 20.3 Å². The zero-order valence-electron chi connectivity index (χ0n) is 10.6. The maximum atomic E-state index is 4.15. The summed E-state index contributed by atoms with van der Waals surface area (Å²) in [7, 11) is 0. The number of rotatable bonds is 5. The Morgan fingerprint density at radius 3 is 2.67 bits per heavy atom. The van der Waals surface area contributed by atoms with E-state index in [2.05, 4.69) is 45.4 Å². The zero-order chi connectivity index (χ0) is 13.0. The third kappa shape index (κ3) is 3.65. The fraction of sp³-hybridized carbons (Fsp3) is 0.385. The molecule has 0 aliphatic heterocycles. The van der Waals surface area contributed by atoms with Gasteiger partial charge < -0.3 is 5.32 Å². The maximum absolute atomic E-state index is 4.15. The molecule has 2 rings (SSSR count). The quantitative estimate of drug-likeness (QED) is 0.923. The normalized spacial score (nSPS) is 11.1. The average Bonchev–Trinajstić information content (AvgIpc) is 2.78. The summed E-state index contributed by atoms with van der Waals surface area (Å²) in [5.41, 5.74) is 1.97. The van der Waals surface area contributed by atoms with Gasteiger partial charge in [0.1, 0.15) is 0 Å². The second-order valence-electron chi connectivity index (χ2n) is 4.66. The van der Waals surface area contributed by atoms with Crippen molar-refractivity contribution in [2.75, 3.05) is 6.54 Å². The maximum Gasteiger partial charge on any atom is 0.0969 e. The van der Waals surface area contributed by atoms with Gasteiger partial charge in [-0.25, -0.2) is 4.68 Å². The molecule has 2 aromatic rings. The third-order valence-electron chi connectivity index (χ3n) is 2.49. The molecule has 18 heavy (non-hydrogen) atoms. The van der Waals surface area contributed by atoms with Crippen LogP contribution in [0.1, 0.15) is 19.5 Å². The molecule has 0 atom stereocenters. The Morgan fingerprint density at radius 2 is 2.00 bits per heavy atom. The summed E-state index contributed by atoms with van der Waals surface area (Å²) in [4.78, 5) is 0. The van der Waals surface area contributed by atoms with Gasteiger partial charge in [0.05, 0.1) is 17.6 Å². The van der Waals surface area contributed by atoms with E-state index in [-0.39, 0.29) is 0 Å². The number of nitrogens with one attached hydrogen (secondary N) is 1. The summed E-state index contributed by atoms with van der Waals surface area (Å²) < 4.78 is 2.85. The van der Waals surface area contributed by atoms with Crippen molar-refractivity contribution < 1.29 is 0 Å². The first-order valence-corrected chi connectivity index (χ1v) is 6.82. The average molecular weight is 309 g/mol. The lowest BCUT2D eigenvalue weighted by molar-refractivity contribution is 0.548. The van der Waals surface area contributed by atoms with Crippen molar-refractivity contribution in [1.29, 1.82) is 0 Å². The molecule has 0 aliphatic rings. The highest BCUT2D eigenvalue weighted by Crippen LogP contribution is 2.13. The van der Waals surface area contributed by atoms with E-state index in [0.29, 0.717) is 5.92 Å². The third-order valence-corrected chi connectivity index (χ3v) is 3.02. The number of hydrogen-bond acceptors (Lipinski definition) is 3. The van der Waals surface area contributed by atoms with E-state index < -0.39 is 0 Å². The summed E-state index contributed by atoms with van der Waals surface area (Å²) in [5, 5.41) is 11.6. The van der Waals surface area contributed by atoms with E-state index in [9.17, 15) is 0 Å². The number of aromatic nitrogens is 3. The summed E-state index contributed by atoms with van der Waals surface area (Å²) in [6, 6.07) is 8.00. The molecule has 0 radical (unpaired) electrons. The van der Waals surface area contributed by atoms with Gasteiger partial charge in [0, 0.05) is 11.0 Å². The van der Waals surface area contributed by atoms with Crippen LogP contribution >= 0.6 is 15.9 Å². The highest BCUT2D eigenvalue weighted by atomic mass is 79.9. The SMILES string of the molecule is CC(C)CNCc1cn(-c2ccc(Br)cc2)nn1. The molecule has 1 N–H and O–H groups in total. The molecule has 1 aromatic heterocycles. The summed E-state index contributed by atoms with van der Waals surface area (Å²) in [6.07, 6.45) is 1.95. The van der Waals surface area contributed by atoms with E-state index in [4.69, 9.17) is 0 Å². The number of halogens is 1. The van der Waals surface area contributed by atoms with Crippen LogP contribution in [0.4, 0.5) is 0 Å². The van der Waals surface area contributed by atoms with E-state index in [1.807, 2.05) is 30.5 Å². The van der Waals surface area contributed by atoms with Gasteiger partial charge in [-0.1, -0.05) is 35.0 Å². The van der Waals surface area contributed by atoms with E-state index in [0.717, 1.165) is 28.9 Å². The lowest BCUT2D eigenvalue weighted by Gasteiger charge is -2.04. The van der Waals surface area contributed by atoms with Gasteiger partial charge in [-0.05, 0) is 36.7 Å². The van der Waals surface area contributed by atoms with Gasteiger partial charge in [-0.2, -0.15) is 0 Å². The minimum Gasteiger partial charge on any atom is -0.311 e. The highest BCUT2D eigenvalue weighted by Gasteiger charge is 2.03. The second-order valence-corrected chi connectivity index (χ2v) is 5.57. The molecule has 0 fully saturated rings. The largest absolute Gasteiger partial charge is 0.311 e. The Hall–Kier alpha value is -1.20. The Morgan fingerprint density at radius 1 is 1.28 bits per heavy atom. The first kappa shape index (κ1) is 13.2. The number of nitrogens with zero attached hydrogens (tertiary/aromatic N) is 3. The van der Waals surface area contributed by atoms with Gasteiger partial charge in [0.15, 0.2) is 0 Å². The molecule has 0 aliphatic carbocycles. The Bertz CT molecular complexity index is 490. The van der Waals surface area contributed by atoms with Gasteiger partial charge >= 0.3 is 0 Å². The zero-order valence-corrected chi connectivity index (χ0v) is 12.2. The van der Waals surface area contributed by atoms with Crippen LogP contribution in [0.2, 0.25) is 0 Å². The van der Waals surface area contributed by atoms with Crippen molar-refractivity contribution in [2.45, 2.75) is 20.4 Å². The van der Waals surface area contributed by atoms with E-state index in [1.165, 1.54) is 0 Å². The van der Waals surface area contributed by atoms with Crippen LogP contribution < -0.4 is 5.32 Å². The van der Waals surface area contributed by atoms with Crippen molar-refractivity contribution >= 4 is 15.9 Å². The lowest BCUT2D eigenvalue weighted by Crippen LogP contribution is -2.19. The number of hydrogen-bond donors (Lipinski definition) is 1. The van der Waals surface area contributed by atoms with E-state index in [1.54, 1.807) is 4.68 Å². The molecule has 0 saturated heterocycles. The molecule has 0 unspecified atom stereocenters. The van der Waals surface area contributed by atoms with Gasteiger partial charge in [0.2, 0.25) is 0 Å². The van der Waals surface area contributed by atoms with Crippen LogP contribution in [-0.4, -0.2) is 21.5 Å². The fourth-order valence-corrected chi connectivity index (χ4v) is 1.85. The van der Waals surface area contributed by atoms with Crippen LogP contribution in [-0.2, 0) is 6.54 Å². The first-order valence-electron chi connectivity index (χ1n) is 6.03. The van der Waals surface area contributed by atoms with Crippen LogP contribution in [0.25, 0.3) is 5.69 Å². The monoisotopic (exact) mass is 308 g/mol. The van der Waals surface area contributed by atoms with Crippen molar-refractivity contribution in [3.8, 4) is 5.69 Å². The minimum absolute atomic E-state index is 0.645. The van der Waals surface area contributed by atoms with Crippen molar-refractivity contribution in [3.63, 3.8) is 0 Å².